The summed E-state index contributed by atoms with van der Waals surface area (Å²) < 4.78 is 5.42. The Hall–Kier alpha value is -2.75. The second-order valence-corrected chi connectivity index (χ2v) is 6.11. The lowest BCUT2D eigenvalue weighted by Crippen LogP contribution is -2.30. The minimum atomic E-state index is -0.0956. The highest BCUT2D eigenvalue weighted by Gasteiger charge is 2.22. The van der Waals surface area contributed by atoms with Gasteiger partial charge in [-0.3, -0.25) is 4.79 Å². The number of fused-ring (bicyclic) bond motifs is 1. The third-order valence-electron chi connectivity index (χ3n) is 4.50. The number of benzene rings is 2. The van der Waals surface area contributed by atoms with Crippen LogP contribution in [0.5, 0.6) is 5.75 Å². The Morgan fingerprint density at radius 2 is 1.92 bits per heavy atom. The van der Waals surface area contributed by atoms with E-state index in [-0.39, 0.29) is 11.9 Å². The topological polar surface area (TPSA) is 45.3 Å². The molecule has 0 radical (unpaired) electrons. The summed E-state index contributed by atoms with van der Waals surface area (Å²) >= 11 is 0. The van der Waals surface area contributed by atoms with Crippen LogP contribution in [-0.4, -0.2) is 29.9 Å². The van der Waals surface area contributed by atoms with Crippen LogP contribution in [0.15, 0.2) is 48.5 Å². The van der Waals surface area contributed by atoms with Crippen LogP contribution in [0.2, 0.25) is 0 Å². The molecule has 0 spiro atoms. The first-order valence-electron chi connectivity index (χ1n) is 8.00. The SMILES string of the molecule is COc1ccccc1C(C)N(C)C(=O)c1cc2ccc(C)cc2[nH]1. The van der Waals surface area contributed by atoms with Crippen molar-refractivity contribution in [2.24, 2.45) is 0 Å². The van der Waals surface area contributed by atoms with Gasteiger partial charge in [0.1, 0.15) is 11.4 Å². The quantitative estimate of drug-likeness (QED) is 0.777. The van der Waals surface area contributed by atoms with E-state index < -0.39 is 0 Å². The minimum absolute atomic E-state index is 0.0396. The smallest absolute Gasteiger partial charge is 0.270 e. The number of para-hydroxylation sites is 1. The molecule has 4 nitrogen and oxygen atoms in total. The number of nitrogens with zero attached hydrogens (tertiary/aromatic N) is 1. The molecule has 0 aliphatic rings. The molecule has 1 unspecified atom stereocenters. The number of hydrogen-bond acceptors (Lipinski definition) is 2. The van der Waals surface area contributed by atoms with Gasteiger partial charge in [-0.15, -0.1) is 0 Å². The van der Waals surface area contributed by atoms with Gasteiger partial charge in [-0.2, -0.15) is 0 Å². The molecule has 0 aliphatic carbocycles. The van der Waals surface area contributed by atoms with Gasteiger partial charge in [0.15, 0.2) is 0 Å². The average Bonchev–Trinajstić information content (AvgIpc) is 3.02. The predicted molar refractivity (Wildman–Crippen MR) is 96.5 cm³/mol. The third-order valence-corrected chi connectivity index (χ3v) is 4.50. The van der Waals surface area contributed by atoms with Crippen LogP contribution < -0.4 is 4.74 Å². The van der Waals surface area contributed by atoms with Gasteiger partial charge in [0.25, 0.3) is 5.91 Å². The lowest BCUT2D eigenvalue weighted by Gasteiger charge is -2.26. The minimum Gasteiger partial charge on any atom is -0.496 e. The molecule has 0 saturated carbocycles. The van der Waals surface area contributed by atoms with Crippen molar-refractivity contribution in [3.8, 4) is 5.75 Å². The summed E-state index contributed by atoms with van der Waals surface area (Å²) in [7, 11) is 3.46. The monoisotopic (exact) mass is 322 g/mol. The van der Waals surface area contributed by atoms with E-state index in [2.05, 4.69) is 11.1 Å². The first kappa shape index (κ1) is 16.1. The lowest BCUT2D eigenvalue weighted by atomic mass is 10.1. The van der Waals surface area contributed by atoms with Crippen molar-refractivity contribution < 1.29 is 9.53 Å². The highest BCUT2D eigenvalue weighted by molar-refractivity contribution is 5.98. The van der Waals surface area contributed by atoms with Crippen LogP contribution in [0.3, 0.4) is 0 Å². The molecule has 0 fully saturated rings. The maximum atomic E-state index is 12.9. The molecule has 1 amide bonds. The van der Waals surface area contributed by atoms with Crippen molar-refractivity contribution in [1.29, 1.82) is 0 Å². The molecular weight excluding hydrogens is 300 g/mol. The molecule has 1 aromatic heterocycles. The van der Waals surface area contributed by atoms with Gasteiger partial charge in [0.05, 0.1) is 13.2 Å². The van der Waals surface area contributed by atoms with E-state index in [1.165, 1.54) is 5.56 Å². The second-order valence-electron chi connectivity index (χ2n) is 6.11. The van der Waals surface area contributed by atoms with Crippen LogP contribution in [-0.2, 0) is 0 Å². The molecule has 3 aromatic rings. The number of carbonyl (C=O) groups is 1. The zero-order valence-corrected chi connectivity index (χ0v) is 14.5. The molecule has 1 heterocycles. The number of H-pyrrole nitrogens is 1. The molecule has 1 N–H and O–H groups in total. The molecule has 1 atom stereocenters. The van der Waals surface area contributed by atoms with Crippen LogP contribution in [0, 0.1) is 6.92 Å². The van der Waals surface area contributed by atoms with Crippen molar-refractivity contribution in [1.82, 2.24) is 9.88 Å². The molecule has 2 aromatic carbocycles. The van der Waals surface area contributed by atoms with Crippen LogP contribution in [0.4, 0.5) is 0 Å². The van der Waals surface area contributed by atoms with E-state index in [1.807, 2.05) is 63.4 Å². The van der Waals surface area contributed by atoms with Crippen molar-refractivity contribution in [3.63, 3.8) is 0 Å². The van der Waals surface area contributed by atoms with Crippen LogP contribution >= 0.6 is 0 Å². The van der Waals surface area contributed by atoms with E-state index in [9.17, 15) is 4.79 Å². The van der Waals surface area contributed by atoms with Gasteiger partial charge >= 0.3 is 0 Å². The second kappa shape index (κ2) is 6.40. The Kier molecular flexibility index (Phi) is 4.30. The molecule has 4 heteroatoms. The first-order valence-corrected chi connectivity index (χ1v) is 8.00. The number of carbonyl (C=O) groups excluding carboxylic acids is 1. The molecule has 0 saturated heterocycles. The van der Waals surface area contributed by atoms with E-state index in [4.69, 9.17) is 4.74 Å². The number of rotatable bonds is 4. The molecular formula is C20H22N2O2. The van der Waals surface area contributed by atoms with E-state index in [0.717, 1.165) is 22.2 Å². The summed E-state index contributed by atoms with van der Waals surface area (Å²) in [6, 6.07) is 15.7. The van der Waals surface area contributed by atoms with Gasteiger partial charge in [-0.25, -0.2) is 0 Å². The van der Waals surface area contributed by atoms with Crippen LogP contribution in [0.25, 0.3) is 10.9 Å². The number of nitrogens with one attached hydrogen (secondary N) is 1. The van der Waals surface area contributed by atoms with Crippen LogP contribution in [0.1, 0.15) is 34.6 Å². The molecule has 0 bridgehead atoms. The number of hydrogen-bond donors (Lipinski definition) is 1. The fourth-order valence-electron chi connectivity index (χ4n) is 2.94. The number of ether oxygens (including phenoxy) is 1. The lowest BCUT2D eigenvalue weighted by molar-refractivity contribution is 0.0736. The fraction of sp³-hybridized carbons (Fsp3) is 0.250. The Morgan fingerprint density at radius 3 is 2.67 bits per heavy atom. The molecule has 3 rings (SSSR count). The molecule has 0 aliphatic heterocycles. The Bertz CT molecular complexity index is 882. The third kappa shape index (κ3) is 2.87. The Labute approximate surface area is 142 Å². The summed E-state index contributed by atoms with van der Waals surface area (Å²) in [5, 5.41) is 1.04. The fourth-order valence-corrected chi connectivity index (χ4v) is 2.94. The summed E-state index contributed by atoms with van der Waals surface area (Å²) in [6.07, 6.45) is 0. The highest BCUT2D eigenvalue weighted by atomic mass is 16.5. The largest absolute Gasteiger partial charge is 0.496 e. The number of methoxy groups -OCH3 is 1. The normalized spacial score (nSPS) is 12.2. The van der Waals surface area contributed by atoms with E-state index in [0.29, 0.717) is 5.69 Å². The molecule has 24 heavy (non-hydrogen) atoms. The number of aromatic nitrogens is 1. The van der Waals surface area contributed by atoms with Gasteiger partial charge in [-0.05, 0) is 37.6 Å². The van der Waals surface area contributed by atoms with Gasteiger partial charge in [0.2, 0.25) is 0 Å². The summed E-state index contributed by atoms with van der Waals surface area (Å²) in [5.74, 6) is 0.749. The number of amides is 1. The van der Waals surface area contributed by atoms with Gasteiger partial charge in [0, 0.05) is 23.5 Å². The zero-order valence-electron chi connectivity index (χ0n) is 14.5. The Balaban J connectivity index is 1.90. The van der Waals surface area contributed by atoms with Crippen molar-refractivity contribution in [2.45, 2.75) is 19.9 Å². The number of aromatic amines is 1. The summed E-state index contributed by atoms with van der Waals surface area (Å²) in [4.78, 5) is 17.8. The Morgan fingerprint density at radius 1 is 1.17 bits per heavy atom. The van der Waals surface area contributed by atoms with Crippen molar-refractivity contribution in [2.75, 3.05) is 14.2 Å². The molecule has 124 valence electrons. The van der Waals surface area contributed by atoms with Crippen molar-refractivity contribution in [3.05, 3.63) is 65.4 Å². The van der Waals surface area contributed by atoms with Gasteiger partial charge in [-0.1, -0.05) is 30.3 Å². The number of aryl methyl sites for hydroxylation is 1. The summed E-state index contributed by atoms with van der Waals surface area (Å²) in [6.45, 7) is 4.04. The predicted octanol–water partition coefficient (Wildman–Crippen LogP) is 4.32. The highest BCUT2D eigenvalue weighted by Crippen LogP contribution is 2.29. The summed E-state index contributed by atoms with van der Waals surface area (Å²) in [5.41, 5.74) is 3.73. The zero-order chi connectivity index (χ0) is 17.3. The standard InChI is InChI=1S/C20H22N2O2/c1-13-9-10-15-12-18(21-17(15)11-13)20(23)22(3)14(2)16-7-5-6-8-19(16)24-4/h5-12,14,21H,1-4H3. The van der Waals surface area contributed by atoms with E-state index >= 15 is 0 Å². The maximum Gasteiger partial charge on any atom is 0.270 e. The average molecular weight is 322 g/mol. The first-order chi connectivity index (χ1) is 11.5. The van der Waals surface area contributed by atoms with E-state index in [1.54, 1.807) is 12.0 Å². The van der Waals surface area contributed by atoms with Gasteiger partial charge < -0.3 is 14.6 Å². The van der Waals surface area contributed by atoms with Crippen molar-refractivity contribution >= 4 is 16.8 Å². The maximum absolute atomic E-state index is 12.9.